The van der Waals surface area contributed by atoms with Gasteiger partial charge in [0.2, 0.25) is 0 Å². The fourth-order valence-electron chi connectivity index (χ4n) is 2.47. The molecule has 0 saturated heterocycles. The molecule has 0 radical (unpaired) electrons. The first-order chi connectivity index (χ1) is 10.2. The molecule has 0 aliphatic heterocycles. The van der Waals surface area contributed by atoms with Crippen molar-refractivity contribution < 1.29 is 9.84 Å². The number of aryl methyl sites for hydroxylation is 1. The second-order valence-electron chi connectivity index (χ2n) is 4.93. The van der Waals surface area contributed by atoms with Gasteiger partial charge in [-0.2, -0.15) is 0 Å². The summed E-state index contributed by atoms with van der Waals surface area (Å²) in [5.74, 6) is 1.26. The lowest BCUT2D eigenvalue weighted by atomic mass is 10.1. The first-order valence-electron chi connectivity index (χ1n) is 6.67. The number of methoxy groups -OCH3 is 1. The Morgan fingerprint density at radius 3 is 2.86 bits per heavy atom. The largest absolute Gasteiger partial charge is 0.496 e. The molecule has 108 valence electrons. The second-order valence-corrected chi connectivity index (χ2v) is 4.93. The molecule has 2 heterocycles. The second kappa shape index (κ2) is 5.10. The molecule has 0 amide bonds. The highest BCUT2D eigenvalue weighted by molar-refractivity contribution is 5.80. The Kier molecular flexibility index (Phi) is 3.27. The third kappa shape index (κ3) is 2.11. The smallest absolute Gasteiger partial charge is 0.144 e. The van der Waals surface area contributed by atoms with E-state index in [-0.39, 0.29) is 6.61 Å². The number of aliphatic hydroxyl groups excluding tert-OH is 1. The van der Waals surface area contributed by atoms with Crippen molar-refractivity contribution in [2.45, 2.75) is 13.5 Å². The number of nitrogens with two attached hydrogens (primary N) is 1. The van der Waals surface area contributed by atoms with Crippen LogP contribution < -0.4 is 10.5 Å². The summed E-state index contributed by atoms with van der Waals surface area (Å²) >= 11 is 0. The van der Waals surface area contributed by atoms with E-state index in [1.807, 2.05) is 43.5 Å². The van der Waals surface area contributed by atoms with Gasteiger partial charge in [-0.05, 0) is 25.1 Å². The first-order valence-corrected chi connectivity index (χ1v) is 6.67. The van der Waals surface area contributed by atoms with Gasteiger partial charge in [-0.1, -0.05) is 17.7 Å². The van der Waals surface area contributed by atoms with Crippen LogP contribution in [0, 0.1) is 6.92 Å². The third-order valence-electron chi connectivity index (χ3n) is 3.55. The Morgan fingerprint density at radius 1 is 1.33 bits per heavy atom. The Balaban J connectivity index is 2.31. The van der Waals surface area contributed by atoms with E-state index in [1.54, 1.807) is 11.5 Å². The number of benzene rings is 1. The highest BCUT2D eigenvalue weighted by atomic mass is 16.5. The summed E-state index contributed by atoms with van der Waals surface area (Å²) in [5.41, 5.74) is 10.2. The molecule has 3 N–H and O–H groups in total. The molecule has 21 heavy (non-hydrogen) atoms. The number of hydrogen-bond donors (Lipinski definition) is 2. The Labute approximate surface area is 122 Å². The van der Waals surface area contributed by atoms with E-state index in [9.17, 15) is 5.11 Å². The van der Waals surface area contributed by atoms with Gasteiger partial charge < -0.3 is 15.6 Å². The van der Waals surface area contributed by atoms with E-state index in [0.29, 0.717) is 17.2 Å². The summed E-state index contributed by atoms with van der Waals surface area (Å²) < 4.78 is 7.19. The fourth-order valence-corrected chi connectivity index (χ4v) is 2.47. The summed E-state index contributed by atoms with van der Waals surface area (Å²) in [6.45, 7) is 1.93. The minimum atomic E-state index is -0.0782. The van der Waals surface area contributed by atoms with Gasteiger partial charge in [0.15, 0.2) is 0 Å². The monoisotopic (exact) mass is 283 g/mol. The number of aliphatic hydroxyl groups is 1. The zero-order chi connectivity index (χ0) is 15.0. The van der Waals surface area contributed by atoms with Crippen LogP contribution in [-0.4, -0.2) is 21.6 Å². The maximum Gasteiger partial charge on any atom is 0.144 e. The van der Waals surface area contributed by atoms with Crippen molar-refractivity contribution in [2.24, 2.45) is 0 Å². The topological polar surface area (TPSA) is 72.8 Å². The summed E-state index contributed by atoms with van der Waals surface area (Å²) in [7, 11) is 1.62. The lowest BCUT2D eigenvalue weighted by molar-refractivity contribution is 0.282. The van der Waals surface area contributed by atoms with E-state index in [1.165, 1.54) is 0 Å². The number of aromatic nitrogens is 2. The van der Waals surface area contributed by atoms with E-state index in [2.05, 4.69) is 4.98 Å². The van der Waals surface area contributed by atoms with Crippen LogP contribution in [0.3, 0.4) is 0 Å². The number of hydrogen-bond acceptors (Lipinski definition) is 4. The molecule has 0 unspecified atom stereocenters. The van der Waals surface area contributed by atoms with Gasteiger partial charge in [0, 0.05) is 17.3 Å². The molecule has 0 atom stereocenters. The molecule has 0 spiro atoms. The molecule has 0 fully saturated rings. The number of anilines is 1. The predicted molar refractivity (Wildman–Crippen MR) is 82.3 cm³/mol. The van der Waals surface area contributed by atoms with Crippen LogP contribution in [-0.2, 0) is 6.61 Å². The lowest BCUT2D eigenvalue weighted by Gasteiger charge is -2.08. The number of ether oxygens (including phenoxy) is 1. The Bertz CT molecular complexity index is 809. The SMILES string of the molecule is COc1ccc(C)cc1-c1nc2c(CO)cccn2c1N. The average molecular weight is 283 g/mol. The fraction of sp³-hybridized carbons (Fsp3) is 0.188. The van der Waals surface area contributed by atoms with Crippen molar-refractivity contribution in [3.05, 3.63) is 47.7 Å². The molecule has 0 bridgehead atoms. The van der Waals surface area contributed by atoms with Crippen LogP contribution >= 0.6 is 0 Å². The molecular weight excluding hydrogens is 266 g/mol. The van der Waals surface area contributed by atoms with Crippen LogP contribution in [0.2, 0.25) is 0 Å². The van der Waals surface area contributed by atoms with Crippen LogP contribution in [0.15, 0.2) is 36.5 Å². The van der Waals surface area contributed by atoms with Crippen LogP contribution in [0.1, 0.15) is 11.1 Å². The molecule has 0 aliphatic carbocycles. The molecule has 3 aromatic rings. The number of fused-ring (bicyclic) bond motifs is 1. The van der Waals surface area contributed by atoms with Crippen molar-refractivity contribution in [1.29, 1.82) is 0 Å². The third-order valence-corrected chi connectivity index (χ3v) is 3.55. The van der Waals surface area contributed by atoms with Crippen molar-refractivity contribution in [2.75, 3.05) is 12.8 Å². The quantitative estimate of drug-likeness (QED) is 0.774. The van der Waals surface area contributed by atoms with Crippen molar-refractivity contribution >= 4 is 11.5 Å². The van der Waals surface area contributed by atoms with Gasteiger partial charge in [-0.25, -0.2) is 4.98 Å². The number of nitrogen functional groups attached to an aromatic ring is 1. The lowest BCUT2D eigenvalue weighted by Crippen LogP contribution is -1.96. The number of nitrogens with zero attached hydrogens (tertiary/aromatic N) is 2. The Hall–Kier alpha value is -2.53. The Morgan fingerprint density at radius 2 is 2.14 bits per heavy atom. The van der Waals surface area contributed by atoms with Gasteiger partial charge in [0.1, 0.15) is 22.9 Å². The molecule has 0 saturated carbocycles. The summed E-state index contributed by atoms with van der Waals surface area (Å²) in [5, 5.41) is 9.43. The van der Waals surface area contributed by atoms with E-state index >= 15 is 0 Å². The van der Waals surface area contributed by atoms with Crippen LogP contribution in [0.4, 0.5) is 5.82 Å². The van der Waals surface area contributed by atoms with Gasteiger partial charge in [-0.3, -0.25) is 4.40 Å². The van der Waals surface area contributed by atoms with Crippen LogP contribution in [0.5, 0.6) is 5.75 Å². The highest BCUT2D eigenvalue weighted by Crippen LogP contribution is 2.34. The normalized spacial score (nSPS) is 11.0. The van der Waals surface area contributed by atoms with Gasteiger partial charge in [-0.15, -0.1) is 0 Å². The van der Waals surface area contributed by atoms with Crippen LogP contribution in [0.25, 0.3) is 16.9 Å². The molecule has 1 aromatic carbocycles. The zero-order valence-electron chi connectivity index (χ0n) is 12.0. The maximum atomic E-state index is 9.43. The minimum Gasteiger partial charge on any atom is -0.496 e. The van der Waals surface area contributed by atoms with E-state index in [0.717, 1.165) is 22.4 Å². The van der Waals surface area contributed by atoms with Gasteiger partial charge in [0.05, 0.1) is 13.7 Å². The van der Waals surface area contributed by atoms with Crippen molar-refractivity contribution in [3.8, 4) is 17.0 Å². The van der Waals surface area contributed by atoms with Crippen molar-refractivity contribution in [1.82, 2.24) is 9.38 Å². The van der Waals surface area contributed by atoms with Crippen molar-refractivity contribution in [3.63, 3.8) is 0 Å². The van der Waals surface area contributed by atoms with Gasteiger partial charge in [0.25, 0.3) is 0 Å². The number of pyridine rings is 1. The summed E-state index contributed by atoms with van der Waals surface area (Å²) in [4.78, 5) is 4.60. The molecule has 0 aliphatic rings. The molecular formula is C16H17N3O2. The highest BCUT2D eigenvalue weighted by Gasteiger charge is 2.17. The standard InChI is InChI=1S/C16H17N3O2/c1-10-5-6-13(21-2)12(8-10)14-15(17)19-7-3-4-11(9-20)16(19)18-14/h3-8,20H,9,17H2,1-2H3. The minimum absolute atomic E-state index is 0.0782. The molecule has 5 heteroatoms. The summed E-state index contributed by atoms with van der Waals surface area (Å²) in [6.07, 6.45) is 1.84. The predicted octanol–water partition coefficient (Wildman–Crippen LogP) is 2.39. The van der Waals surface area contributed by atoms with E-state index < -0.39 is 0 Å². The molecule has 5 nitrogen and oxygen atoms in total. The average Bonchev–Trinajstić information content (AvgIpc) is 2.84. The first kappa shape index (κ1) is 13.5. The number of rotatable bonds is 3. The number of imidazole rings is 1. The van der Waals surface area contributed by atoms with Gasteiger partial charge >= 0.3 is 0 Å². The summed E-state index contributed by atoms with van der Waals surface area (Å²) in [6, 6.07) is 9.55. The van der Waals surface area contributed by atoms with E-state index in [4.69, 9.17) is 10.5 Å². The zero-order valence-corrected chi connectivity index (χ0v) is 12.0. The molecule has 2 aromatic heterocycles. The molecule has 3 rings (SSSR count). The maximum absolute atomic E-state index is 9.43.